The van der Waals surface area contributed by atoms with Gasteiger partial charge in [-0.05, 0) is 46.5 Å². The zero-order valence-electron chi connectivity index (χ0n) is 10.1. The fourth-order valence-corrected chi connectivity index (χ4v) is 6.75. The molecular formula is C11H16BrNO2S3. The molecule has 0 aromatic carbocycles. The molecule has 0 amide bonds. The lowest BCUT2D eigenvalue weighted by Crippen LogP contribution is -2.38. The van der Waals surface area contributed by atoms with E-state index in [1.165, 1.54) is 24.2 Å². The van der Waals surface area contributed by atoms with Crippen molar-refractivity contribution in [2.75, 3.05) is 12.8 Å². The molecule has 1 saturated carbocycles. The lowest BCUT2D eigenvalue weighted by Gasteiger charge is -2.26. The lowest BCUT2D eigenvalue weighted by atomic mass is 10.1. The van der Waals surface area contributed by atoms with Crippen LogP contribution in [-0.2, 0) is 10.0 Å². The monoisotopic (exact) mass is 369 g/mol. The van der Waals surface area contributed by atoms with Crippen molar-refractivity contribution in [2.45, 2.75) is 34.6 Å². The molecular weight excluding hydrogens is 354 g/mol. The first-order chi connectivity index (χ1) is 8.49. The number of hydrogen-bond acceptors (Lipinski definition) is 4. The zero-order chi connectivity index (χ0) is 13.2. The van der Waals surface area contributed by atoms with Crippen LogP contribution in [0.15, 0.2) is 20.1 Å². The molecule has 2 rings (SSSR count). The summed E-state index contributed by atoms with van der Waals surface area (Å²) in [6.07, 6.45) is 6.67. The highest BCUT2D eigenvalue weighted by Crippen LogP contribution is 2.40. The minimum Gasteiger partial charge on any atom is -0.209 e. The van der Waals surface area contributed by atoms with Crippen molar-refractivity contribution in [3.05, 3.63) is 15.9 Å². The van der Waals surface area contributed by atoms with Crippen molar-refractivity contribution in [1.82, 2.24) is 4.72 Å². The molecule has 1 aromatic heterocycles. The Morgan fingerprint density at radius 3 is 2.67 bits per heavy atom. The van der Waals surface area contributed by atoms with Gasteiger partial charge in [0.15, 0.2) is 0 Å². The Bertz CT molecular complexity index is 506. The standard InChI is InChI=1S/C11H16BrNO2S3/c1-16-11(5-2-3-6-11)8-13-18(14,15)10-9(12)4-7-17-10/h4,7,13H,2-3,5-6,8H2,1H3. The van der Waals surface area contributed by atoms with Crippen molar-refractivity contribution in [2.24, 2.45) is 0 Å². The van der Waals surface area contributed by atoms with Crippen LogP contribution in [0.4, 0.5) is 0 Å². The highest BCUT2D eigenvalue weighted by Gasteiger charge is 2.34. The Balaban J connectivity index is 2.08. The van der Waals surface area contributed by atoms with Gasteiger partial charge in [-0.15, -0.1) is 11.3 Å². The van der Waals surface area contributed by atoms with E-state index in [0.717, 1.165) is 12.8 Å². The van der Waals surface area contributed by atoms with Gasteiger partial charge in [-0.3, -0.25) is 0 Å². The third kappa shape index (κ3) is 3.12. The van der Waals surface area contributed by atoms with E-state index in [4.69, 9.17) is 0 Å². The van der Waals surface area contributed by atoms with E-state index in [0.29, 0.717) is 15.2 Å². The Morgan fingerprint density at radius 2 is 2.17 bits per heavy atom. The molecule has 0 radical (unpaired) electrons. The van der Waals surface area contributed by atoms with Gasteiger partial charge >= 0.3 is 0 Å². The summed E-state index contributed by atoms with van der Waals surface area (Å²) in [6, 6.07) is 1.76. The second-order valence-electron chi connectivity index (χ2n) is 4.47. The van der Waals surface area contributed by atoms with Crippen LogP contribution in [-0.4, -0.2) is 26.0 Å². The molecule has 0 unspecified atom stereocenters. The molecule has 0 aliphatic heterocycles. The molecule has 0 spiro atoms. The Morgan fingerprint density at radius 1 is 1.50 bits per heavy atom. The third-order valence-corrected chi connectivity index (χ3v) is 8.85. The van der Waals surface area contributed by atoms with E-state index in [1.54, 1.807) is 23.2 Å². The second-order valence-corrected chi connectivity index (χ2v) is 9.48. The van der Waals surface area contributed by atoms with Gasteiger partial charge in [0.1, 0.15) is 4.21 Å². The number of rotatable bonds is 5. The van der Waals surface area contributed by atoms with E-state index in [1.807, 2.05) is 0 Å². The SMILES string of the molecule is CSC1(CNS(=O)(=O)c2sccc2Br)CCCC1. The summed E-state index contributed by atoms with van der Waals surface area (Å²) in [5.41, 5.74) is 0. The van der Waals surface area contributed by atoms with Gasteiger partial charge in [0.25, 0.3) is 10.0 Å². The molecule has 0 saturated heterocycles. The Hall–Kier alpha value is 0.440. The summed E-state index contributed by atoms with van der Waals surface area (Å²) >= 11 is 6.30. The van der Waals surface area contributed by atoms with Crippen LogP contribution in [0.1, 0.15) is 25.7 Å². The fraction of sp³-hybridized carbons (Fsp3) is 0.636. The quantitative estimate of drug-likeness (QED) is 0.863. The maximum atomic E-state index is 12.2. The lowest BCUT2D eigenvalue weighted by molar-refractivity contribution is 0.552. The maximum Gasteiger partial charge on any atom is 0.251 e. The first kappa shape index (κ1) is 14.8. The van der Waals surface area contributed by atoms with Crippen molar-refractivity contribution < 1.29 is 8.42 Å². The summed E-state index contributed by atoms with van der Waals surface area (Å²) in [4.78, 5) is 0. The van der Waals surface area contributed by atoms with Crippen LogP contribution in [0.5, 0.6) is 0 Å². The number of halogens is 1. The summed E-state index contributed by atoms with van der Waals surface area (Å²) < 4.78 is 28.3. The molecule has 3 nitrogen and oxygen atoms in total. The normalized spacial score (nSPS) is 19.2. The van der Waals surface area contributed by atoms with Gasteiger partial charge < -0.3 is 0 Å². The summed E-state index contributed by atoms with van der Waals surface area (Å²) in [7, 11) is -3.37. The summed E-state index contributed by atoms with van der Waals surface area (Å²) in [6.45, 7) is 0.529. The minimum atomic E-state index is -3.37. The highest BCUT2D eigenvalue weighted by molar-refractivity contribution is 9.10. The molecule has 1 aliphatic rings. The van der Waals surface area contributed by atoms with Crippen molar-refractivity contribution in [3.63, 3.8) is 0 Å². The van der Waals surface area contributed by atoms with Crippen LogP contribution in [0.3, 0.4) is 0 Å². The van der Waals surface area contributed by atoms with Crippen LogP contribution in [0.25, 0.3) is 0 Å². The third-order valence-electron chi connectivity index (χ3n) is 3.36. The Labute approximate surface area is 125 Å². The van der Waals surface area contributed by atoms with Crippen molar-refractivity contribution >= 4 is 49.1 Å². The molecule has 1 fully saturated rings. The molecule has 0 bridgehead atoms. The molecule has 1 heterocycles. The van der Waals surface area contributed by atoms with Crippen LogP contribution in [0, 0.1) is 0 Å². The average molecular weight is 370 g/mol. The molecule has 7 heteroatoms. The molecule has 1 aromatic rings. The van der Waals surface area contributed by atoms with E-state index < -0.39 is 10.0 Å². The number of thioether (sulfide) groups is 1. The summed E-state index contributed by atoms with van der Waals surface area (Å²) in [5.74, 6) is 0. The van der Waals surface area contributed by atoms with Gasteiger partial charge in [0.05, 0.1) is 0 Å². The maximum absolute atomic E-state index is 12.2. The smallest absolute Gasteiger partial charge is 0.209 e. The number of thiophene rings is 1. The number of hydrogen-bond donors (Lipinski definition) is 1. The van der Waals surface area contributed by atoms with Crippen LogP contribution >= 0.6 is 39.0 Å². The number of sulfonamides is 1. The minimum absolute atomic E-state index is 0.0941. The molecule has 1 N–H and O–H groups in total. The first-order valence-corrected chi connectivity index (χ1v) is 10.1. The van der Waals surface area contributed by atoms with Crippen LogP contribution in [0.2, 0.25) is 0 Å². The van der Waals surface area contributed by atoms with Gasteiger partial charge in [0, 0.05) is 15.8 Å². The topological polar surface area (TPSA) is 46.2 Å². The summed E-state index contributed by atoms with van der Waals surface area (Å²) in [5, 5.41) is 1.78. The van der Waals surface area contributed by atoms with Gasteiger partial charge in [-0.25, -0.2) is 13.1 Å². The van der Waals surface area contributed by atoms with Gasteiger partial charge in [0.2, 0.25) is 0 Å². The van der Waals surface area contributed by atoms with E-state index in [-0.39, 0.29) is 4.75 Å². The van der Waals surface area contributed by atoms with Crippen molar-refractivity contribution in [1.29, 1.82) is 0 Å². The van der Waals surface area contributed by atoms with Gasteiger partial charge in [-0.2, -0.15) is 11.8 Å². The predicted octanol–water partition coefficient (Wildman–Crippen LogP) is 3.46. The van der Waals surface area contributed by atoms with Crippen LogP contribution < -0.4 is 4.72 Å². The second kappa shape index (κ2) is 5.83. The largest absolute Gasteiger partial charge is 0.251 e. The predicted molar refractivity (Wildman–Crippen MR) is 81.9 cm³/mol. The van der Waals surface area contributed by atoms with Gasteiger partial charge in [-0.1, -0.05) is 12.8 Å². The van der Waals surface area contributed by atoms with Crippen molar-refractivity contribution in [3.8, 4) is 0 Å². The zero-order valence-corrected chi connectivity index (χ0v) is 14.1. The molecule has 102 valence electrons. The highest BCUT2D eigenvalue weighted by atomic mass is 79.9. The number of nitrogens with one attached hydrogen (secondary N) is 1. The van der Waals surface area contributed by atoms with E-state index in [2.05, 4.69) is 26.9 Å². The average Bonchev–Trinajstić information content (AvgIpc) is 2.96. The molecule has 1 aliphatic carbocycles. The first-order valence-electron chi connectivity index (χ1n) is 5.77. The van der Waals surface area contributed by atoms with E-state index in [9.17, 15) is 8.42 Å². The fourth-order valence-electron chi connectivity index (χ4n) is 2.24. The molecule has 0 atom stereocenters. The van der Waals surface area contributed by atoms with E-state index >= 15 is 0 Å². The molecule has 18 heavy (non-hydrogen) atoms. The Kier molecular flexibility index (Phi) is 4.80.